The highest BCUT2D eigenvalue weighted by molar-refractivity contribution is 7.11. The first kappa shape index (κ1) is 15.1. The van der Waals surface area contributed by atoms with E-state index in [2.05, 4.69) is 24.4 Å². The molecule has 1 amide bonds. The molecule has 1 aromatic heterocycles. The molecule has 24 heavy (non-hydrogen) atoms. The number of anilines is 1. The summed E-state index contributed by atoms with van der Waals surface area (Å²) in [5.74, 6) is -0.209. The van der Waals surface area contributed by atoms with Crippen LogP contribution in [0.2, 0.25) is 0 Å². The molecule has 1 N–H and O–H groups in total. The van der Waals surface area contributed by atoms with Crippen LogP contribution in [0.25, 0.3) is 11.1 Å². The number of thiophene rings is 1. The Morgan fingerprint density at radius 2 is 2.00 bits per heavy atom. The molecular weight excluding hydrogens is 321 g/mol. The Bertz CT molecular complexity index is 931. The van der Waals surface area contributed by atoms with E-state index in [0.29, 0.717) is 6.42 Å². The zero-order chi connectivity index (χ0) is 16.7. The molecule has 0 saturated carbocycles. The molecule has 1 unspecified atom stereocenters. The lowest BCUT2D eigenvalue weighted by Gasteiger charge is -2.25. The van der Waals surface area contributed by atoms with Gasteiger partial charge in [0, 0.05) is 28.2 Å². The summed E-state index contributed by atoms with van der Waals surface area (Å²) in [6.45, 7) is 2.07. The molecule has 0 fully saturated rings. The van der Waals surface area contributed by atoms with Crippen molar-refractivity contribution in [1.29, 1.82) is 0 Å². The van der Waals surface area contributed by atoms with Crippen LogP contribution in [0.4, 0.5) is 10.1 Å². The minimum atomic E-state index is -0.273. The molecule has 2 nitrogen and oxygen atoms in total. The number of carbonyl (C=O) groups is 1. The fourth-order valence-electron chi connectivity index (χ4n) is 3.32. The predicted octanol–water partition coefficient (Wildman–Crippen LogP) is 5.34. The van der Waals surface area contributed by atoms with Gasteiger partial charge in [0.1, 0.15) is 5.82 Å². The number of hydrogen-bond acceptors (Lipinski definition) is 2. The highest BCUT2D eigenvalue weighted by Crippen LogP contribution is 2.47. The fraction of sp³-hybridized carbons (Fsp3) is 0.150. The maximum Gasteiger partial charge on any atom is 0.225 e. The highest BCUT2D eigenvalue weighted by atomic mass is 32.1. The Kier molecular flexibility index (Phi) is 3.69. The van der Waals surface area contributed by atoms with Gasteiger partial charge in [0.15, 0.2) is 0 Å². The van der Waals surface area contributed by atoms with Gasteiger partial charge < -0.3 is 5.32 Å². The van der Waals surface area contributed by atoms with Gasteiger partial charge in [-0.1, -0.05) is 36.4 Å². The van der Waals surface area contributed by atoms with Crippen molar-refractivity contribution in [2.24, 2.45) is 0 Å². The van der Waals surface area contributed by atoms with E-state index in [1.807, 2.05) is 23.6 Å². The average Bonchev–Trinajstić information content (AvgIpc) is 2.98. The van der Waals surface area contributed by atoms with Crippen molar-refractivity contribution in [3.05, 3.63) is 75.7 Å². The molecule has 0 saturated heterocycles. The Balaban J connectivity index is 1.85. The van der Waals surface area contributed by atoms with Crippen molar-refractivity contribution in [3.63, 3.8) is 0 Å². The third kappa shape index (κ3) is 2.53. The summed E-state index contributed by atoms with van der Waals surface area (Å²) in [5.41, 5.74) is 4.87. The summed E-state index contributed by atoms with van der Waals surface area (Å²) in [5, 5.41) is 5.00. The van der Waals surface area contributed by atoms with E-state index in [4.69, 9.17) is 0 Å². The molecule has 3 aromatic rings. The van der Waals surface area contributed by atoms with Gasteiger partial charge in [0.2, 0.25) is 5.91 Å². The molecule has 1 aliphatic heterocycles. The van der Waals surface area contributed by atoms with Gasteiger partial charge in [-0.2, -0.15) is 0 Å². The largest absolute Gasteiger partial charge is 0.325 e. The quantitative estimate of drug-likeness (QED) is 0.672. The molecule has 120 valence electrons. The Hall–Kier alpha value is -2.46. The standard InChI is InChI=1S/C20H16FNOS/c1-12-5-2-3-8-15(12)16-10-18(23)22-19-17(11-24-20(16)19)13-6-4-7-14(21)9-13/h2-9,11,16H,10H2,1H3,(H,22,23). The van der Waals surface area contributed by atoms with Crippen molar-refractivity contribution in [3.8, 4) is 11.1 Å². The Morgan fingerprint density at radius 1 is 1.17 bits per heavy atom. The van der Waals surface area contributed by atoms with Gasteiger partial charge in [0.25, 0.3) is 0 Å². The summed E-state index contributed by atoms with van der Waals surface area (Å²) in [6.07, 6.45) is 0.445. The fourth-order valence-corrected chi connectivity index (χ4v) is 4.48. The smallest absolute Gasteiger partial charge is 0.225 e. The van der Waals surface area contributed by atoms with Crippen molar-refractivity contribution >= 4 is 22.9 Å². The summed E-state index contributed by atoms with van der Waals surface area (Å²) in [4.78, 5) is 13.4. The second-order valence-corrected chi connectivity index (χ2v) is 6.97. The minimum Gasteiger partial charge on any atom is -0.325 e. The number of hydrogen-bond donors (Lipinski definition) is 1. The topological polar surface area (TPSA) is 29.1 Å². The second-order valence-electron chi connectivity index (χ2n) is 6.06. The number of carbonyl (C=O) groups excluding carboxylic acids is 1. The van der Waals surface area contributed by atoms with E-state index in [1.165, 1.54) is 23.3 Å². The molecule has 0 radical (unpaired) electrons. The highest BCUT2D eigenvalue weighted by Gasteiger charge is 2.31. The molecule has 2 aromatic carbocycles. The van der Waals surface area contributed by atoms with E-state index in [-0.39, 0.29) is 17.6 Å². The summed E-state index contributed by atoms with van der Waals surface area (Å²) < 4.78 is 13.6. The lowest BCUT2D eigenvalue weighted by atomic mass is 9.87. The van der Waals surface area contributed by atoms with Crippen LogP contribution in [0.3, 0.4) is 0 Å². The number of fused-ring (bicyclic) bond motifs is 1. The first-order chi connectivity index (χ1) is 11.6. The predicted molar refractivity (Wildman–Crippen MR) is 96.0 cm³/mol. The molecule has 4 rings (SSSR count). The van der Waals surface area contributed by atoms with Crippen LogP contribution in [0.5, 0.6) is 0 Å². The first-order valence-corrected chi connectivity index (χ1v) is 8.74. The van der Waals surface area contributed by atoms with Crippen LogP contribution in [-0.4, -0.2) is 5.91 Å². The van der Waals surface area contributed by atoms with E-state index >= 15 is 0 Å². The zero-order valence-electron chi connectivity index (χ0n) is 13.2. The van der Waals surface area contributed by atoms with Gasteiger partial charge in [0.05, 0.1) is 5.69 Å². The molecule has 4 heteroatoms. The van der Waals surface area contributed by atoms with E-state index in [1.54, 1.807) is 17.4 Å². The van der Waals surface area contributed by atoms with Crippen LogP contribution in [0.15, 0.2) is 53.9 Å². The van der Waals surface area contributed by atoms with Gasteiger partial charge in [-0.25, -0.2) is 4.39 Å². The first-order valence-electron chi connectivity index (χ1n) is 7.86. The maximum absolute atomic E-state index is 13.6. The van der Waals surface area contributed by atoms with Crippen molar-refractivity contribution < 1.29 is 9.18 Å². The third-order valence-electron chi connectivity index (χ3n) is 4.49. The van der Waals surface area contributed by atoms with E-state index < -0.39 is 0 Å². The maximum atomic E-state index is 13.6. The van der Waals surface area contributed by atoms with Crippen molar-refractivity contribution in [1.82, 2.24) is 0 Å². The van der Waals surface area contributed by atoms with Crippen LogP contribution in [-0.2, 0) is 4.79 Å². The molecule has 1 atom stereocenters. The minimum absolute atomic E-state index is 0.00630. The van der Waals surface area contributed by atoms with Crippen LogP contribution in [0.1, 0.15) is 28.3 Å². The van der Waals surface area contributed by atoms with E-state index in [9.17, 15) is 9.18 Å². The average molecular weight is 337 g/mol. The van der Waals surface area contributed by atoms with Crippen LogP contribution >= 0.6 is 11.3 Å². The lowest BCUT2D eigenvalue weighted by molar-refractivity contribution is -0.116. The number of nitrogens with one attached hydrogen (secondary N) is 1. The summed E-state index contributed by atoms with van der Waals surface area (Å²) in [6, 6.07) is 14.7. The van der Waals surface area contributed by atoms with E-state index in [0.717, 1.165) is 21.7 Å². The zero-order valence-corrected chi connectivity index (χ0v) is 14.0. The second kappa shape index (κ2) is 5.87. The Labute approximate surface area is 144 Å². The third-order valence-corrected chi connectivity index (χ3v) is 5.59. The van der Waals surface area contributed by atoms with Crippen LogP contribution in [0, 0.1) is 12.7 Å². The summed E-state index contributed by atoms with van der Waals surface area (Å²) >= 11 is 1.63. The van der Waals surface area contributed by atoms with Gasteiger partial charge in [-0.15, -0.1) is 11.3 Å². The Morgan fingerprint density at radius 3 is 2.79 bits per heavy atom. The van der Waals surface area contributed by atoms with Gasteiger partial charge in [-0.05, 0) is 35.7 Å². The SMILES string of the molecule is Cc1ccccc1C1CC(=O)Nc2c(-c3cccc(F)c3)csc21. The lowest BCUT2D eigenvalue weighted by Crippen LogP contribution is -2.22. The molecule has 0 spiro atoms. The molecular formula is C20H16FNOS. The number of aryl methyl sites for hydroxylation is 1. The number of benzene rings is 2. The van der Waals surface area contributed by atoms with Gasteiger partial charge in [-0.3, -0.25) is 4.79 Å². The molecule has 0 aliphatic carbocycles. The number of amides is 1. The monoisotopic (exact) mass is 337 g/mol. The van der Waals surface area contributed by atoms with Crippen molar-refractivity contribution in [2.75, 3.05) is 5.32 Å². The normalized spacial score (nSPS) is 16.6. The molecule has 1 aliphatic rings. The molecule has 0 bridgehead atoms. The number of rotatable bonds is 2. The summed E-state index contributed by atoms with van der Waals surface area (Å²) in [7, 11) is 0. The van der Waals surface area contributed by atoms with Crippen molar-refractivity contribution in [2.45, 2.75) is 19.3 Å². The number of halogens is 1. The molecule has 2 heterocycles. The van der Waals surface area contributed by atoms with Crippen LogP contribution < -0.4 is 5.32 Å². The van der Waals surface area contributed by atoms with Gasteiger partial charge >= 0.3 is 0 Å².